The average molecular weight is 524 g/mol. The number of methoxy groups -OCH3 is 1. The second-order valence-electron chi connectivity index (χ2n) is 8.76. The van der Waals surface area contributed by atoms with E-state index in [-0.39, 0.29) is 17.3 Å². The number of carbonyl (C=O) groups is 2. The van der Waals surface area contributed by atoms with Gasteiger partial charge in [0.1, 0.15) is 18.3 Å². The molecule has 3 rings (SSSR count). The molecule has 0 aliphatic carbocycles. The molecule has 0 saturated carbocycles. The molecule has 1 N–H and O–H groups in total. The van der Waals surface area contributed by atoms with Crippen LogP contribution in [0.4, 0.5) is 5.69 Å². The Morgan fingerprint density at radius 2 is 1.65 bits per heavy atom. The highest BCUT2D eigenvalue weighted by Crippen LogP contribution is 2.26. The van der Waals surface area contributed by atoms with Crippen LogP contribution in [0.2, 0.25) is 0 Å². The van der Waals surface area contributed by atoms with Gasteiger partial charge in [0.15, 0.2) is 0 Å². The van der Waals surface area contributed by atoms with Gasteiger partial charge in [-0.15, -0.1) is 0 Å². The van der Waals surface area contributed by atoms with E-state index in [0.717, 1.165) is 21.0 Å². The number of aryl methyl sites for hydroxylation is 2. The van der Waals surface area contributed by atoms with Crippen molar-refractivity contribution in [2.24, 2.45) is 0 Å². The number of rotatable bonds is 10. The number of sulfonamides is 1. The van der Waals surface area contributed by atoms with Gasteiger partial charge in [0.05, 0.1) is 17.7 Å². The summed E-state index contributed by atoms with van der Waals surface area (Å²) < 4.78 is 33.9. The highest BCUT2D eigenvalue weighted by molar-refractivity contribution is 7.92. The largest absolute Gasteiger partial charge is 0.497 e. The molecule has 8 nitrogen and oxygen atoms in total. The molecule has 0 aromatic heterocycles. The molecule has 3 aromatic rings. The molecule has 37 heavy (non-hydrogen) atoms. The number of carbonyl (C=O) groups excluding carboxylic acids is 2. The van der Waals surface area contributed by atoms with Crippen LogP contribution in [-0.4, -0.2) is 51.9 Å². The number of hydrogen-bond acceptors (Lipinski definition) is 5. The minimum Gasteiger partial charge on any atom is -0.497 e. The first-order chi connectivity index (χ1) is 17.6. The smallest absolute Gasteiger partial charge is 0.264 e. The van der Waals surface area contributed by atoms with E-state index >= 15 is 0 Å². The Labute approximate surface area is 218 Å². The maximum Gasteiger partial charge on any atom is 0.264 e. The van der Waals surface area contributed by atoms with Crippen LogP contribution < -0.4 is 14.4 Å². The average Bonchev–Trinajstić information content (AvgIpc) is 2.91. The Morgan fingerprint density at radius 3 is 2.27 bits per heavy atom. The third-order valence-electron chi connectivity index (χ3n) is 6.29. The van der Waals surface area contributed by atoms with Crippen molar-refractivity contribution in [3.63, 3.8) is 0 Å². The Balaban J connectivity index is 2.05. The summed E-state index contributed by atoms with van der Waals surface area (Å²) in [5.41, 5.74) is 3.01. The fourth-order valence-corrected chi connectivity index (χ4v) is 5.32. The van der Waals surface area contributed by atoms with Crippen molar-refractivity contribution in [1.82, 2.24) is 10.2 Å². The molecule has 0 aliphatic rings. The van der Waals surface area contributed by atoms with E-state index in [2.05, 4.69) is 5.32 Å². The molecule has 0 fully saturated rings. The molecule has 9 heteroatoms. The van der Waals surface area contributed by atoms with E-state index in [0.29, 0.717) is 11.4 Å². The molecule has 0 bridgehead atoms. The fourth-order valence-electron chi connectivity index (χ4n) is 3.89. The number of nitrogens with one attached hydrogen (secondary N) is 1. The standard InChI is InChI=1S/C28H33N3O5S/c1-20-14-15-24(16-21(20)2)31(37(34,35)26-12-7-6-8-13-26)19-27(32)30(22(3)28(33)29-4)18-23-10-9-11-25(17-23)36-5/h6-17,22H,18-19H2,1-5H3,(H,29,33). The van der Waals surface area contributed by atoms with Crippen molar-refractivity contribution in [2.75, 3.05) is 25.0 Å². The monoisotopic (exact) mass is 523 g/mol. The van der Waals surface area contributed by atoms with E-state index in [9.17, 15) is 18.0 Å². The van der Waals surface area contributed by atoms with Crippen molar-refractivity contribution in [3.05, 3.63) is 89.5 Å². The van der Waals surface area contributed by atoms with Crippen LogP contribution in [-0.2, 0) is 26.2 Å². The van der Waals surface area contributed by atoms with E-state index in [1.807, 2.05) is 26.0 Å². The Morgan fingerprint density at radius 1 is 0.946 bits per heavy atom. The zero-order valence-electron chi connectivity index (χ0n) is 21.8. The van der Waals surface area contributed by atoms with Crippen molar-refractivity contribution in [1.29, 1.82) is 0 Å². The van der Waals surface area contributed by atoms with Gasteiger partial charge in [-0.3, -0.25) is 13.9 Å². The summed E-state index contributed by atoms with van der Waals surface area (Å²) >= 11 is 0. The Kier molecular flexibility index (Phi) is 8.94. The summed E-state index contributed by atoms with van der Waals surface area (Å²) in [6, 6.07) is 19.6. The number of nitrogens with zero attached hydrogens (tertiary/aromatic N) is 2. The maximum atomic E-state index is 13.8. The van der Waals surface area contributed by atoms with Gasteiger partial charge in [0, 0.05) is 13.6 Å². The zero-order valence-corrected chi connectivity index (χ0v) is 22.6. The maximum absolute atomic E-state index is 13.8. The van der Waals surface area contributed by atoms with Gasteiger partial charge in [-0.25, -0.2) is 8.42 Å². The van der Waals surface area contributed by atoms with Gasteiger partial charge >= 0.3 is 0 Å². The van der Waals surface area contributed by atoms with Gasteiger partial charge in [-0.2, -0.15) is 0 Å². The summed E-state index contributed by atoms with van der Waals surface area (Å²) in [7, 11) is -1.04. The second-order valence-corrected chi connectivity index (χ2v) is 10.6. The van der Waals surface area contributed by atoms with Crippen LogP contribution in [0.1, 0.15) is 23.6 Å². The number of benzene rings is 3. The summed E-state index contributed by atoms with van der Waals surface area (Å²) in [5.74, 6) is -0.266. The van der Waals surface area contributed by atoms with Crippen LogP contribution in [0.15, 0.2) is 77.7 Å². The highest BCUT2D eigenvalue weighted by atomic mass is 32.2. The van der Waals surface area contributed by atoms with E-state index in [1.54, 1.807) is 62.6 Å². The lowest BCUT2D eigenvalue weighted by molar-refractivity contribution is -0.139. The molecule has 1 unspecified atom stereocenters. The number of hydrogen-bond donors (Lipinski definition) is 1. The molecule has 2 amide bonds. The fraction of sp³-hybridized carbons (Fsp3) is 0.286. The molecule has 0 spiro atoms. The van der Waals surface area contributed by atoms with Crippen LogP contribution in [0, 0.1) is 13.8 Å². The third kappa shape index (κ3) is 6.48. The van der Waals surface area contributed by atoms with Crippen molar-refractivity contribution in [3.8, 4) is 5.75 Å². The normalized spacial score (nSPS) is 11.9. The van der Waals surface area contributed by atoms with Gasteiger partial charge in [0.25, 0.3) is 10.0 Å². The Bertz CT molecular complexity index is 1360. The quantitative estimate of drug-likeness (QED) is 0.438. The number of likely N-dealkylation sites (N-methyl/N-ethyl adjacent to an activating group) is 1. The van der Waals surface area contributed by atoms with Crippen LogP contribution in [0.3, 0.4) is 0 Å². The van der Waals surface area contributed by atoms with Crippen LogP contribution in [0.25, 0.3) is 0 Å². The first-order valence-corrected chi connectivity index (χ1v) is 13.3. The van der Waals surface area contributed by atoms with E-state index in [1.165, 1.54) is 24.1 Å². The SMILES string of the molecule is CNC(=O)C(C)N(Cc1cccc(OC)c1)C(=O)CN(c1ccc(C)c(C)c1)S(=O)(=O)c1ccccc1. The summed E-state index contributed by atoms with van der Waals surface area (Å²) in [6.45, 7) is 5.04. The predicted octanol–water partition coefficient (Wildman–Crippen LogP) is 3.67. The lowest BCUT2D eigenvalue weighted by atomic mass is 10.1. The van der Waals surface area contributed by atoms with Gasteiger partial charge in [-0.05, 0) is 73.9 Å². The molecular weight excluding hydrogens is 490 g/mol. The van der Waals surface area contributed by atoms with E-state index < -0.39 is 28.5 Å². The molecule has 0 saturated heterocycles. The zero-order chi connectivity index (χ0) is 27.2. The van der Waals surface area contributed by atoms with E-state index in [4.69, 9.17) is 4.74 Å². The molecule has 0 heterocycles. The third-order valence-corrected chi connectivity index (χ3v) is 8.08. The minimum absolute atomic E-state index is 0.0692. The summed E-state index contributed by atoms with van der Waals surface area (Å²) in [5, 5.41) is 2.57. The number of ether oxygens (including phenoxy) is 1. The highest BCUT2D eigenvalue weighted by Gasteiger charge is 2.32. The van der Waals surface area contributed by atoms with Gasteiger partial charge < -0.3 is 15.0 Å². The minimum atomic E-state index is -4.08. The lowest BCUT2D eigenvalue weighted by Crippen LogP contribution is -2.50. The molecule has 1 atom stereocenters. The lowest BCUT2D eigenvalue weighted by Gasteiger charge is -2.32. The van der Waals surface area contributed by atoms with Crippen molar-refractivity contribution < 1.29 is 22.7 Å². The van der Waals surface area contributed by atoms with Crippen molar-refractivity contribution in [2.45, 2.75) is 38.3 Å². The first-order valence-electron chi connectivity index (χ1n) is 11.9. The van der Waals surface area contributed by atoms with Crippen molar-refractivity contribution >= 4 is 27.5 Å². The van der Waals surface area contributed by atoms with Gasteiger partial charge in [0.2, 0.25) is 11.8 Å². The first kappa shape index (κ1) is 27.7. The summed E-state index contributed by atoms with van der Waals surface area (Å²) in [4.78, 5) is 27.8. The molecular formula is C28H33N3O5S. The summed E-state index contributed by atoms with van der Waals surface area (Å²) in [6.07, 6.45) is 0. The predicted molar refractivity (Wildman–Crippen MR) is 144 cm³/mol. The molecule has 0 radical (unpaired) electrons. The topological polar surface area (TPSA) is 96.0 Å². The molecule has 0 aliphatic heterocycles. The Hall–Kier alpha value is -3.85. The van der Waals surface area contributed by atoms with Crippen LogP contribution in [0.5, 0.6) is 5.75 Å². The number of anilines is 1. The molecule has 196 valence electrons. The van der Waals surface area contributed by atoms with Gasteiger partial charge in [-0.1, -0.05) is 36.4 Å². The number of amides is 2. The van der Waals surface area contributed by atoms with Crippen LogP contribution >= 0.6 is 0 Å². The second kappa shape index (κ2) is 11.9. The molecule has 3 aromatic carbocycles.